The number of carbonyl (C=O) groups is 2. The molecule has 6 heteroatoms. The van der Waals surface area contributed by atoms with Crippen molar-refractivity contribution in [2.75, 3.05) is 11.9 Å². The van der Waals surface area contributed by atoms with Gasteiger partial charge in [0.15, 0.2) is 0 Å². The van der Waals surface area contributed by atoms with Crippen LogP contribution in [0.15, 0.2) is 24.3 Å². The molecule has 0 saturated heterocycles. The monoisotopic (exact) mass is 293 g/mol. The quantitative estimate of drug-likeness (QED) is 0.608. The van der Waals surface area contributed by atoms with Crippen LogP contribution < -0.4 is 16.4 Å². The molecular formula is C15H23N3O3. The van der Waals surface area contributed by atoms with Crippen LogP contribution in [0.2, 0.25) is 0 Å². The molecule has 116 valence electrons. The van der Waals surface area contributed by atoms with Crippen molar-refractivity contribution in [3.8, 4) is 0 Å². The number of urea groups is 1. The first kappa shape index (κ1) is 17.0. The fraction of sp³-hybridized carbons (Fsp3) is 0.467. The number of aliphatic hydroxyl groups is 1. The molecule has 1 rings (SSSR count). The van der Waals surface area contributed by atoms with E-state index in [0.717, 1.165) is 5.56 Å². The first-order valence-electron chi connectivity index (χ1n) is 6.99. The normalized spacial score (nSPS) is 12.0. The molecular weight excluding hydrogens is 270 g/mol. The molecule has 0 radical (unpaired) electrons. The van der Waals surface area contributed by atoms with Crippen LogP contribution in [0, 0.1) is 5.92 Å². The van der Waals surface area contributed by atoms with Gasteiger partial charge in [0.2, 0.25) is 5.91 Å². The number of carbonyl (C=O) groups excluding carboxylic acids is 2. The van der Waals surface area contributed by atoms with E-state index in [9.17, 15) is 9.59 Å². The van der Waals surface area contributed by atoms with Crippen LogP contribution in [0.4, 0.5) is 10.5 Å². The van der Waals surface area contributed by atoms with E-state index in [0.29, 0.717) is 18.5 Å². The lowest BCUT2D eigenvalue weighted by Crippen LogP contribution is -2.46. The highest BCUT2D eigenvalue weighted by molar-refractivity contribution is 5.96. The Hall–Kier alpha value is -2.08. The van der Waals surface area contributed by atoms with Gasteiger partial charge in [0, 0.05) is 12.3 Å². The maximum Gasteiger partial charge on any atom is 0.312 e. The molecule has 0 bridgehead atoms. The van der Waals surface area contributed by atoms with Crippen molar-refractivity contribution in [2.45, 2.75) is 32.7 Å². The Kier molecular flexibility index (Phi) is 6.68. The molecule has 0 saturated carbocycles. The van der Waals surface area contributed by atoms with Gasteiger partial charge >= 0.3 is 6.03 Å². The van der Waals surface area contributed by atoms with Gasteiger partial charge in [-0.25, -0.2) is 4.79 Å². The number of nitrogens with two attached hydrogens (primary N) is 1. The number of nitrogens with one attached hydrogen (secondary N) is 2. The minimum Gasteiger partial charge on any atom is -0.396 e. The van der Waals surface area contributed by atoms with Gasteiger partial charge in [0.1, 0.15) is 6.04 Å². The maximum atomic E-state index is 12.2. The predicted molar refractivity (Wildman–Crippen MR) is 81.8 cm³/mol. The number of amides is 3. The van der Waals surface area contributed by atoms with E-state index in [1.807, 2.05) is 26.0 Å². The number of benzene rings is 1. The largest absolute Gasteiger partial charge is 0.396 e. The SMILES string of the molecule is CC(C)CC(NC(N)=O)C(=O)Nc1ccc(CCO)cc1. The minimum absolute atomic E-state index is 0.0880. The van der Waals surface area contributed by atoms with Crippen molar-refractivity contribution in [1.29, 1.82) is 0 Å². The molecule has 21 heavy (non-hydrogen) atoms. The Morgan fingerprint density at radius 3 is 2.33 bits per heavy atom. The van der Waals surface area contributed by atoms with E-state index < -0.39 is 12.1 Å². The highest BCUT2D eigenvalue weighted by atomic mass is 16.3. The van der Waals surface area contributed by atoms with Gasteiger partial charge in [-0.15, -0.1) is 0 Å². The maximum absolute atomic E-state index is 12.2. The third kappa shape index (κ3) is 6.27. The summed E-state index contributed by atoms with van der Waals surface area (Å²) >= 11 is 0. The number of aliphatic hydroxyl groups excluding tert-OH is 1. The summed E-state index contributed by atoms with van der Waals surface area (Å²) in [5, 5.41) is 14.1. The summed E-state index contributed by atoms with van der Waals surface area (Å²) < 4.78 is 0. The zero-order valence-corrected chi connectivity index (χ0v) is 12.4. The van der Waals surface area contributed by atoms with Gasteiger partial charge < -0.3 is 21.5 Å². The lowest BCUT2D eigenvalue weighted by Gasteiger charge is -2.19. The van der Waals surface area contributed by atoms with Crippen LogP contribution in [-0.2, 0) is 11.2 Å². The average molecular weight is 293 g/mol. The van der Waals surface area contributed by atoms with E-state index in [-0.39, 0.29) is 18.4 Å². The van der Waals surface area contributed by atoms with Crippen LogP contribution in [-0.4, -0.2) is 29.7 Å². The van der Waals surface area contributed by atoms with Gasteiger partial charge in [-0.1, -0.05) is 26.0 Å². The Balaban J connectivity index is 2.68. The number of hydrogen-bond acceptors (Lipinski definition) is 3. The lowest BCUT2D eigenvalue weighted by molar-refractivity contribution is -0.118. The highest BCUT2D eigenvalue weighted by Crippen LogP contribution is 2.12. The van der Waals surface area contributed by atoms with Gasteiger partial charge in [-0.3, -0.25) is 4.79 Å². The van der Waals surface area contributed by atoms with E-state index in [4.69, 9.17) is 10.8 Å². The van der Waals surface area contributed by atoms with Crippen LogP contribution in [0.1, 0.15) is 25.8 Å². The minimum atomic E-state index is -0.714. The number of anilines is 1. The smallest absolute Gasteiger partial charge is 0.312 e. The topological polar surface area (TPSA) is 104 Å². The third-order valence-electron chi connectivity index (χ3n) is 2.96. The molecule has 5 N–H and O–H groups in total. The first-order valence-corrected chi connectivity index (χ1v) is 6.99. The number of hydrogen-bond donors (Lipinski definition) is 4. The molecule has 0 heterocycles. The van der Waals surface area contributed by atoms with Crippen molar-refractivity contribution >= 4 is 17.6 Å². The van der Waals surface area contributed by atoms with Gasteiger partial charge in [0.05, 0.1) is 0 Å². The van der Waals surface area contributed by atoms with Crippen molar-refractivity contribution in [1.82, 2.24) is 5.32 Å². The fourth-order valence-corrected chi connectivity index (χ4v) is 1.99. The van der Waals surface area contributed by atoms with Gasteiger partial charge in [-0.05, 0) is 36.5 Å². The van der Waals surface area contributed by atoms with Crippen LogP contribution in [0.5, 0.6) is 0 Å². The summed E-state index contributed by atoms with van der Waals surface area (Å²) in [4.78, 5) is 23.1. The van der Waals surface area contributed by atoms with Crippen LogP contribution in [0.25, 0.3) is 0 Å². The van der Waals surface area contributed by atoms with Gasteiger partial charge in [0.25, 0.3) is 0 Å². The fourth-order valence-electron chi connectivity index (χ4n) is 1.99. The average Bonchev–Trinajstić information content (AvgIpc) is 2.39. The molecule has 1 atom stereocenters. The van der Waals surface area contributed by atoms with E-state index in [1.54, 1.807) is 12.1 Å². The second-order valence-corrected chi connectivity index (χ2v) is 5.35. The molecule has 1 aromatic carbocycles. The first-order chi connectivity index (χ1) is 9.92. The molecule has 0 aromatic heterocycles. The Morgan fingerprint density at radius 1 is 1.24 bits per heavy atom. The summed E-state index contributed by atoms with van der Waals surface area (Å²) in [7, 11) is 0. The molecule has 1 aromatic rings. The standard InChI is InChI=1S/C15H23N3O3/c1-10(2)9-13(18-15(16)21)14(20)17-12-5-3-11(4-6-12)7-8-19/h3-6,10,13,19H,7-9H2,1-2H3,(H,17,20)(H3,16,18,21). The highest BCUT2D eigenvalue weighted by Gasteiger charge is 2.21. The summed E-state index contributed by atoms with van der Waals surface area (Å²) in [6, 6.07) is 5.84. The lowest BCUT2D eigenvalue weighted by atomic mass is 10.0. The van der Waals surface area contributed by atoms with Crippen LogP contribution >= 0.6 is 0 Å². The Bertz CT molecular complexity index is 472. The molecule has 0 aliphatic carbocycles. The molecule has 6 nitrogen and oxygen atoms in total. The second-order valence-electron chi connectivity index (χ2n) is 5.35. The number of primary amides is 1. The Morgan fingerprint density at radius 2 is 1.86 bits per heavy atom. The number of rotatable bonds is 7. The molecule has 0 aliphatic heterocycles. The zero-order valence-electron chi connectivity index (χ0n) is 12.4. The van der Waals surface area contributed by atoms with E-state index in [1.165, 1.54) is 0 Å². The predicted octanol–water partition coefficient (Wildman–Crippen LogP) is 1.24. The summed E-state index contributed by atoms with van der Waals surface area (Å²) in [6.45, 7) is 4.02. The van der Waals surface area contributed by atoms with Crippen molar-refractivity contribution in [3.63, 3.8) is 0 Å². The van der Waals surface area contributed by atoms with Gasteiger partial charge in [-0.2, -0.15) is 0 Å². The zero-order chi connectivity index (χ0) is 15.8. The summed E-state index contributed by atoms with van der Waals surface area (Å²) in [5.74, 6) is -0.0445. The molecule has 0 spiro atoms. The third-order valence-corrected chi connectivity index (χ3v) is 2.96. The molecule has 0 fully saturated rings. The van der Waals surface area contributed by atoms with Crippen molar-refractivity contribution < 1.29 is 14.7 Å². The molecule has 0 aliphatic rings. The molecule has 3 amide bonds. The Labute approximate surface area is 124 Å². The molecule has 1 unspecified atom stereocenters. The van der Waals surface area contributed by atoms with Crippen LogP contribution in [0.3, 0.4) is 0 Å². The van der Waals surface area contributed by atoms with E-state index >= 15 is 0 Å². The van der Waals surface area contributed by atoms with E-state index in [2.05, 4.69) is 10.6 Å². The summed E-state index contributed by atoms with van der Waals surface area (Å²) in [6.07, 6.45) is 1.09. The van der Waals surface area contributed by atoms with Crippen molar-refractivity contribution in [3.05, 3.63) is 29.8 Å². The summed E-state index contributed by atoms with van der Waals surface area (Å²) in [5.41, 5.74) is 6.73. The second kappa shape index (κ2) is 8.26. The van der Waals surface area contributed by atoms with Crippen molar-refractivity contribution in [2.24, 2.45) is 11.7 Å².